The molecule has 0 radical (unpaired) electrons. The van der Waals surface area contributed by atoms with Crippen molar-refractivity contribution >= 4 is 7.82 Å². The maximum Gasteiger partial charge on any atom is 0.466 e. The minimum Gasteiger partial charge on any atom is -0.315 e. The molecule has 12 heteroatoms. The monoisotopic (exact) mass is 406 g/mol. The first kappa shape index (κ1) is 27.6. The van der Waals surface area contributed by atoms with Crippen LogP contribution in [-0.4, -0.2) is 21.3 Å². The number of unbranched alkanes of at least 4 members (excludes halogenated alkanes) is 6. The second-order valence-corrected chi connectivity index (χ2v) is 6.62. The van der Waals surface area contributed by atoms with E-state index in [9.17, 15) is 0 Å². The summed E-state index contributed by atoms with van der Waals surface area (Å²) in [7, 11) is -4.64. The normalized spacial score (nSPS) is 11.2. The molecule has 0 bridgehead atoms. The van der Waals surface area contributed by atoms with E-state index in [0.29, 0.717) is 6.61 Å². The van der Waals surface area contributed by atoms with Crippen LogP contribution in [0.4, 0.5) is 0 Å². The van der Waals surface area contributed by atoms with Gasteiger partial charge in [0, 0.05) is 15.1 Å². The van der Waals surface area contributed by atoms with E-state index >= 15 is 0 Å². The smallest absolute Gasteiger partial charge is 0.315 e. The van der Waals surface area contributed by atoms with Gasteiger partial charge in [0.15, 0.2) is 0 Å². The molecule has 0 amide bonds. The molecule has 0 rings (SSSR count). The van der Waals surface area contributed by atoms with Gasteiger partial charge in [-0.15, -0.1) is 0 Å². The Bertz CT molecular complexity index is 327. The molecule has 0 aliphatic heterocycles. The summed E-state index contributed by atoms with van der Waals surface area (Å²) in [4.78, 5) is 30.3. The highest BCUT2D eigenvalue weighted by molar-refractivity contribution is 7.45. The van der Waals surface area contributed by atoms with E-state index in [1.165, 1.54) is 38.5 Å². The summed E-state index contributed by atoms with van der Waals surface area (Å²) >= 11 is 0. The summed E-state index contributed by atoms with van der Waals surface area (Å²) in [5, 5.41) is 19.8. The Labute approximate surface area is 153 Å². The highest BCUT2D eigenvalue weighted by Crippen LogP contribution is 2.25. The fourth-order valence-electron chi connectivity index (χ4n) is 1.73. The first-order valence-corrected chi connectivity index (χ1v) is 9.84. The molecule has 0 unspecified atom stereocenters. The molecule has 0 aromatic heterocycles. The van der Waals surface area contributed by atoms with E-state index < -0.39 is 7.82 Å². The Morgan fingerprint density at radius 3 is 1.85 bits per heavy atom. The van der Waals surface area contributed by atoms with Gasteiger partial charge in [-0.3, -0.25) is 0 Å². The van der Waals surface area contributed by atoms with Crippen molar-refractivity contribution in [1.82, 2.24) is 0 Å². The molecule has 158 valence electrons. The van der Waals surface area contributed by atoms with E-state index in [-0.39, 0.29) is 0 Å². The third-order valence-corrected chi connectivity index (χ3v) is 2.78. The molecular weight excluding hydrogens is 375 g/mol. The molecule has 0 heterocycles. The molecule has 0 fully saturated rings. The van der Waals surface area contributed by atoms with Crippen molar-refractivity contribution in [3.8, 4) is 0 Å². The third-order valence-electron chi connectivity index (χ3n) is 2.78. The summed E-state index contributed by atoms with van der Waals surface area (Å²) in [5.41, 5.74) is 0. The molecule has 0 spiro atoms. The molecular formula is C14H31O11P. The topological polar surface area (TPSA) is 142 Å². The molecule has 0 aromatic rings. The zero-order valence-electron chi connectivity index (χ0n) is 15.3. The van der Waals surface area contributed by atoms with Gasteiger partial charge in [-0.25, -0.2) is 9.45 Å². The van der Waals surface area contributed by atoms with Gasteiger partial charge in [-0.05, 0) is 22.4 Å². The third kappa shape index (κ3) is 38.8. The van der Waals surface area contributed by atoms with Crippen molar-refractivity contribution < 1.29 is 54.2 Å². The van der Waals surface area contributed by atoms with Crippen molar-refractivity contribution in [2.24, 2.45) is 5.92 Å². The molecule has 0 atom stereocenters. The maximum atomic E-state index is 8.88. The van der Waals surface area contributed by atoms with Gasteiger partial charge in [0.05, 0.1) is 6.61 Å². The van der Waals surface area contributed by atoms with E-state index in [0.717, 1.165) is 25.0 Å². The van der Waals surface area contributed by atoms with Gasteiger partial charge >= 0.3 is 7.82 Å². The maximum absolute atomic E-state index is 8.88. The van der Waals surface area contributed by atoms with E-state index in [1.54, 1.807) is 0 Å². The van der Waals surface area contributed by atoms with Crippen LogP contribution in [0.25, 0.3) is 0 Å². The van der Waals surface area contributed by atoms with Crippen LogP contribution in [0.1, 0.15) is 65.2 Å². The first-order chi connectivity index (χ1) is 12.3. The zero-order chi connectivity index (χ0) is 20.1. The number of rotatable bonds is 17. The Morgan fingerprint density at radius 1 is 0.846 bits per heavy atom. The van der Waals surface area contributed by atoms with Gasteiger partial charge in [0.25, 0.3) is 0 Å². The van der Waals surface area contributed by atoms with Crippen LogP contribution < -0.4 is 0 Å². The van der Waals surface area contributed by atoms with Crippen molar-refractivity contribution in [2.45, 2.75) is 65.2 Å². The van der Waals surface area contributed by atoms with Gasteiger partial charge in [0.2, 0.25) is 0 Å². The zero-order valence-corrected chi connectivity index (χ0v) is 16.2. The summed E-state index contributed by atoms with van der Waals surface area (Å²) in [6, 6.07) is 0. The summed E-state index contributed by atoms with van der Waals surface area (Å²) in [6.45, 7) is 8.15. The lowest BCUT2D eigenvalue weighted by Gasteiger charge is -2.04. The second-order valence-electron chi connectivity index (χ2n) is 5.60. The van der Waals surface area contributed by atoms with Crippen molar-refractivity contribution in [3.05, 3.63) is 12.8 Å². The van der Waals surface area contributed by atoms with E-state index in [4.69, 9.17) is 19.2 Å². The lowest BCUT2D eigenvalue weighted by atomic mass is 10.0. The summed E-state index contributed by atoms with van der Waals surface area (Å²) in [6.07, 6.45) is 10.8. The minimum absolute atomic E-state index is 0.417. The molecule has 0 aliphatic carbocycles. The molecule has 0 aliphatic rings. The summed E-state index contributed by atoms with van der Waals surface area (Å²) in [5.74, 6) is 0.819. The fourth-order valence-corrected chi connectivity index (χ4v) is 1.73. The molecule has 0 saturated heterocycles. The average Bonchev–Trinajstić information content (AvgIpc) is 2.52. The molecule has 11 nitrogen and oxygen atoms in total. The van der Waals surface area contributed by atoms with Gasteiger partial charge in [-0.1, -0.05) is 65.4 Å². The van der Waals surface area contributed by atoms with Crippen molar-refractivity contribution in [1.29, 1.82) is 0 Å². The largest absolute Gasteiger partial charge is 0.466 e. The van der Waals surface area contributed by atoms with E-state index in [2.05, 4.69) is 55.4 Å². The molecule has 0 saturated carbocycles. The van der Waals surface area contributed by atoms with Gasteiger partial charge in [-0.2, -0.15) is 0 Å². The fraction of sp³-hybridized carbons (Fsp3) is 0.857. The van der Waals surface area contributed by atoms with Crippen molar-refractivity contribution in [3.63, 3.8) is 0 Å². The van der Waals surface area contributed by atoms with Crippen LogP contribution in [0, 0.1) is 5.92 Å². The average molecular weight is 406 g/mol. The second kappa shape index (κ2) is 20.7. The lowest BCUT2D eigenvalue weighted by molar-refractivity contribution is -0.786. The quantitative estimate of drug-likeness (QED) is 0.107. The Balaban J connectivity index is 0. The van der Waals surface area contributed by atoms with Crippen molar-refractivity contribution in [2.75, 3.05) is 6.61 Å². The number of hydrogen-bond acceptors (Lipinski definition) is 8. The molecule has 0 aromatic carbocycles. The molecule has 26 heavy (non-hydrogen) atoms. The van der Waals surface area contributed by atoms with Crippen LogP contribution in [0.15, 0.2) is 12.8 Å². The minimum atomic E-state index is -4.64. The Hall–Kier alpha value is -0.590. The predicted octanol–water partition coefficient (Wildman–Crippen LogP) is 3.58. The van der Waals surface area contributed by atoms with Crippen LogP contribution in [0.2, 0.25) is 0 Å². The van der Waals surface area contributed by atoms with Gasteiger partial charge in [0.1, 0.15) is 6.26 Å². The van der Waals surface area contributed by atoms with Crippen LogP contribution in [0.3, 0.4) is 0 Å². The standard InChI is InChI=1S/C14H28O7.H3O4P/c1-4-15-17-19-21-20-18-16-13-11-9-7-5-6-8-10-12-14(2)3;1-5(2,3)4/h4,14H,1,5-13H2,2-3H3;(H3,1,2,3,4). The molecule has 3 N–H and O–H groups in total. The highest BCUT2D eigenvalue weighted by Gasteiger charge is 2.00. The summed E-state index contributed by atoms with van der Waals surface area (Å²) < 4.78 is 8.88. The Kier molecular flexibility index (Phi) is 22.0. The van der Waals surface area contributed by atoms with Crippen LogP contribution >= 0.6 is 7.82 Å². The lowest BCUT2D eigenvalue weighted by Crippen LogP contribution is -2.01. The number of hydrogen-bond donors (Lipinski definition) is 3. The number of phosphoric acid groups is 1. The van der Waals surface area contributed by atoms with Crippen LogP contribution in [-0.2, 0) is 39.5 Å². The Morgan fingerprint density at radius 2 is 1.31 bits per heavy atom. The van der Waals surface area contributed by atoms with Crippen LogP contribution in [0.5, 0.6) is 0 Å². The van der Waals surface area contributed by atoms with Gasteiger partial charge < -0.3 is 19.6 Å². The predicted molar refractivity (Wildman–Crippen MR) is 88.7 cm³/mol. The highest BCUT2D eigenvalue weighted by atomic mass is 31.2. The van der Waals surface area contributed by atoms with E-state index in [1.807, 2.05) is 0 Å². The first-order valence-electron chi connectivity index (χ1n) is 8.28. The SMILES string of the molecule is C=COOOOOOOCCCCCCCCCC(C)C.O=P(O)(O)O.